The van der Waals surface area contributed by atoms with Crippen molar-refractivity contribution in [1.82, 2.24) is 4.31 Å². The Morgan fingerprint density at radius 2 is 1.79 bits per heavy atom. The van der Waals surface area contributed by atoms with Crippen LogP contribution < -0.4 is 0 Å². The number of hydrogen-bond acceptors (Lipinski definition) is 3. The molecule has 1 unspecified atom stereocenters. The molecule has 1 atom stereocenters. The van der Waals surface area contributed by atoms with E-state index in [4.69, 9.17) is 5.11 Å². The molecule has 1 aromatic carbocycles. The van der Waals surface area contributed by atoms with Crippen LogP contribution in [0.15, 0.2) is 24.3 Å². The van der Waals surface area contributed by atoms with Crippen LogP contribution >= 0.6 is 0 Å². The smallest absolute Gasteiger partial charge is 0.115 e. The fourth-order valence-electron chi connectivity index (χ4n) is 1.10. The second-order valence-electron chi connectivity index (χ2n) is 3.18. The normalized spacial score (nSPS) is 13.2. The van der Waals surface area contributed by atoms with Gasteiger partial charge in [0.1, 0.15) is 6.26 Å². The summed E-state index contributed by atoms with van der Waals surface area (Å²) < 4.78 is 12.8. The van der Waals surface area contributed by atoms with Gasteiger partial charge in [0.15, 0.2) is 0 Å². The Labute approximate surface area is 87.7 Å². The number of aliphatic hydroxyl groups excluding tert-OH is 1. The minimum atomic E-state index is -0.934. The molecule has 1 N–H and O–H groups in total. The maximum atomic E-state index is 11.1. The quantitative estimate of drug-likeness (QED) is 0.756. The summed E-state index contributed by atoms with van der Waals surface area (Å²) in [7, 11) is 1.82. The average Bonchev–Trinajstić information content (AvgIpc) is 2.19. The lowest BCUT2D eigenvalue weighted by atomic mass is 10.1. The summed E-state index contributed by atoms with van der Waals surface area (Å²) in [5.74, 6) is 0. The molecule has 0 spiro atoms. The molecule has 0 radical (unpaired) electrons. The summed E-state index contributed by atoms with van der Waals surface area (Å²) in [6, 6.07) is 7.63. The van der Waals surface area contributed by atoms with Crippen molar-refractivity contribution in [3.05, 3.63) is 35.4 Å². The van der Waals surface area contributed by atoms with Gasteiger partial charge in [0.2, 0.25) is 0 Å². The predicted molar refractivity (Wildman–Crippen MR) is 57.9 cm³/mol. The van der Waals surface area contributed by atoms with Crippen molar-refractivity contribution in [3.8, 4) is 0 Å². The van der Waals surface area contributed by atoms with Gasteiger partial charge in [0.05, 0.1) is 13.2 Å². The average molecular weight is 213 g/mol. The molecule has 0 aliphatic carbocycles. The second-order valence-corrected chi connectivity index (χ2v) is 4.66. The number of benzene rings is 1. The Balaban J connectivity index is 2.59. The molecule has 3 nitrogen and oxygen atoms in total. The molecule has 14 heavy (non-hydrogen) atoms. The lowest BCUT2D eigenvalue weighted by molar-refractivity contribution is 0.282. The van der Waals surface area contributed by atoms with Crippen LogP contribution in [-0.4, -0.2) is 27.3 Å². The van der Waals surface area contributed by atoms with Crippen molar-refractivity contribution < 1.29 is 9.66 Å². The van der Waals surface area contributed by atoms with E-state index in [1.807, 2.05) is 31.3 Å². The summed E-state index contributed by atoms with van der Waals surface area (Å²) in [5.41, 5.74) is 1.99. The van der Waals surface area contributed by atoms with Crippen molar-refractivity contribution in [1.29, 1.82) is 0 Å². The van der Waals surface area contributed by atoms with Gasteiger partial charge in [-0.25, -0.2) is 0 Å². The van der Waals surface area contributed by atoms with E-state index in [0.29, 0.717) is 6.54 Å². The van der Waals surface area contributed by atoms with Gasteiger partial charge in [-0.2, -0.15) is 0 Å². The molecule has 4 heteroatoms. The Morgan fingerprint density at radius 1 is 1.29 bits per heavy atom. The first kappa shape index (κ1) is 11.5. The summed E-state index contributed by atoms with van der Waals surface area (Å²) in [4.78, 5) is 0. The van der Waals surface area contributed by atoms with Crippen molar-refractivity contribution in [3.63, 3.8) is 0 Å². The molecule has 0 aliphatic rings. The summed E-state index contributed by atoms with van der Waals surface area (Å²) in [6.07, 6.45) is 1.65. The molecule has 0 bridgehead atoms. The van der Waals surface area contributed by atoms with Crippen molar-refractivity contribution >= 4 is 11.4 Å². The number of aliphatic hydroxyl groups is 1. The van der Waals surface area contributed by atoms with E-state index < -0.39 is 11.4 Å². The highest BCUT2D eigenvalue weighted by Gasteiger charge is 2.08. The lowest BCUT2D eigenvalue weighted by Gasteiger charge is -2.16. The highest BCUT2D eigenvalue weighted by molar-refractivity contribution is 7.88. The zero-order valence-electron chi connectivity index (χ0n) is 8.43. The zero-order chi connectivity index (χ0) is 10.6. The third-order valence-electron chi connectivity index (χ3n) is 2.05. The molecule has 0 aromatic heterocycles. The highest BCUT2D eigenvalue weighted by Crippen LogP contribution is 2.08. The molecule has 0 heterocycles. The Hall–Kier alpha value is -0.550. The van der Waals surface area contributed by atoms with Crippen LogP contribution in [0.4, 0.5) is 0 Å². The maximum absolute atomic E-state index is 11.1. The van der Waals surface area contributed by atoms with Crippen LogP contribution in [0.25, 0.3) is 0 Å². The molecule has 0 fully saturated rings. The molecule has 0 aliphatic heterocycles. The van der Waals surface area contributed by atoms with Gasteiger partial charge in [-0.15, -0.1) is 4.31 Å². The van der Waals surface area contributed by atoms with Gasteiger partial charge >= 0.3 is 0 Å². The molecule has 1 rings (SSSR count). The number of nitrogens with zero attached hydrogens (tertiary/aromatic N) is 1. The van der Waals surface area contributed by atoms with Crippen molar-refractivity contribution in [2.24, 2.45) is 0 Å². The third-order valence-corrected chi connectivity index (χ3v) is 3.06. The Kier molecular flexibility index (Phi) is 4.41. The van der Waals surface area contributed by atoms with Gasteiger partial charge in [-0.1, -0.05) is 24.3 Å². The molecule has 0 saturated heterocycles. The van der Waals surface area contributed by atoms with Gasteiger partial charge in [0, 0.05) is 18.4 Å². The molecule has 0 amide bonds. The van der Waals surface area contributed by atoms with Crippen molar-refractivity contribution in [2.45, 2.75) is 13.2 Å². The summed E-state index contributed by atoms with van der Waals surface area (Å²) in [6.45, 7) is 0.727. The van der Waals surface area contributed by atoms with Crippen LogP contribution in [-0.2, 0) is 24.5 Å². The maximum Gasteiger partial charge on any atom is 0.115 e. The zero-order valence-corrected chi connectivity index (χ0v) is 9.25. The lowest BCUT2D eigenvalue weighted by Crippen LogP contribution is -2.24. The van der Waals surface area contributed by atoms with Crippen LogP contribution in [0.1, 0.15) is 11.1 Å². The van der Waals surface area contributed by atoms with Crippen LogP contribution in [0, 0.1) is 0 Å². The van der Waals surface area contributed by atoms with Gasteiger partial charge in [-0.05, 0) is 11.1 Å². The Morgan fingerprint density at radius 3 is 2.21 bits per heavy atom. The largest absolute Gasteiger partial charge is 0.598 e. The van der Waals surface area contributed by atoms with E-state index in [1.165, 1.54) is 0 Å². The van der Waals surface area contributed by atoms with E-state index in [1.54, 1.807) is 10.6 Å². The first-order chi connectivity index (χ1) is 6.63. The van der Waals surface area contributed by atoms with E-state index in [2.05, 4.69) is 0 Å². The SMILES string of the molecule is CN(Cc1ccc(CO)cc1)[S+](C)[O-]. The monoisotopic (exact) mass is 213 g/mol. The Bertz CT molecular complexity index is 274. The fourth-order valence-corrected chi connectivity index (χ4v) is 1.43. The third kappa shape index (κ3) is 3.31. The van der Waals surface area contributed by atoms with Crippen LogP contribution in [0.3, 0.4) is 0 Å². The minimum absolute atomic E-state index is 0.0653. The molecule has 1 aromatic rings. The van der Waals surface area contributed by atoms with Gasteiger partial charge < -0.3 is 9.66 Å². The van der Waals surface area contributed by atoms with Gasteiger partial charge in [0.25, 0.3) is 0 Å². The number of hydrogen-bond donors (Lipinski definition) is 1. The van der Waals surface area contributed by atoms with E-state index in [-0.39, 0.29) is 6.61 Å². The summed E-state index contributed by atoms with van der Waals surface area (Å²) >= 11 is -0.934. The van der Waals surface area contributed by atoms with E-state index in [9.17, 15) is 4.55 Å². The fraction of sp³-hybridized carbons (Fsp3) is 0.400. The minimum Gasteiger partial charge on any atom is -0.598 e. The standard InChI is InChI=1S/C10H15NO2S/c1-11(14(2)13)7-9-3-5-10(8-12)6-4-9/h3-6,12H,7-8H2,1-2H3. The van der Waals surface area contributed by atoms with E-state index >= 15 is 0 Å². The van der Waals surface area contributed by atoms with Crippen LogP contribution in [0.5, 0.6) is 0 Å². The van der Waals surface area contributed by atoms with E-state index in [0.717, 1.165) is 11.1 Å². The highest BCUT2D eigenvalue weighted by atomic mass is 32.2. The summed E-state index contributed by atoms with van der Waals surface area (Å²) in [5, 5.41) is 8.84. The topological polar surface area (TPSA) is 46.5 Å². The molecular formula is C10H15NO2S. The first-order valence-electron chi connectivity index (χ1n) is 4.37. The molecular weight excluding hydrogens is 198 g/mol. The first-order valence-corrected chi connectivity index (χ1v) is 5.88. The predicted octanol–water partition coefficient (Wildman–Crippen LogP) is 0.904. The molecule has 0 saturated carbocycles. The van der Waals surface area contributed by atoms with Gasteiger partial charge in [-0.3, -0.25) is 0 Å². The molecule has 78 valence electrons. The van der Waals surface area contributed by atoms with Crippen LogP contribution in [0.2, 0.25) is 0 Å². The van der Waals surface area contributed by atoms with Crippen molar-refractivity contribution in [2.75, 3.05) is 13.3 Å². The number of rotatable bonds is 4. The second kappa shape index (κ2) is 5.36.